The summed E-state index contributed by atoms with van der Waals surface area (Å²) in [6.45, 7) is 6.66. The van der Waals surface area contributed by atoms with Crippen molar-refractivity contribution in [2.45, 2.75) is 32.8 Å². The highest BCUT2D eigenvalue weighted by Gasteiger charge is 2.13. The molecule has 0 aliphatic heterocycles. The highest BCUT2D eigenvalue weighted by molar-refractivity contribution is 5.33. The summed E-state index contributed by atoms with van der Waals surface area (Å²) in [4.78, 5) is 0. The zero-order valence-corrected chi connectivity index (χ0v) is 12.9. The summed E-state index contributed by atoms with van der Waals surface area (Å²) in [6.07, 6.45) is 0. The van der Waals surface area contributed by atoms with Crippen molar-refractivity contribution >= 4 is 0 Å². The van der Waals surface area contributed by atoms with Gasteiger partial charge in [0, 0.05) is 5.56 Å². The molecule has 0 N–H and O–H groups in total. The summed E-state index contributed by atoms with van der Waals surface area (Å²) in [6, 6.07) is 13.0. The molecule has 0 fully saturated rings. The van der Waals surface area contributed by atoms with Crippen molar-refractivity contribution in [3.05, 3.63) is 59.4 Å². The van der Waals surface area contributed by atoms with Crippen LogP contribution < -0.4 is 9.47 Å². The van der Waals surface area contributed by atoms with Crippen LogP contribution in [0.3, 0.4) is 0 Å². The molecule has 3 heteroatoms. The summed E-state index contributed by atoms with van der Waals surface area (Å²) in [7, 11) is 1.45. The van der Waals surface area contributed by atoms with E-state index in [0.29, 0.717) is 5.56 Å². The summed E-state index contributed by atoms with van der Waals surface area (Å²) in [5.74, 6) is 0.593. The van der Waals surface area contributed by atoms with Gasteiger partial charge in [-0.1, -0.05) is 45.0 Å². The molecule has 0 aliphatic carbocycles. The van der Waals surface area contributed by atoms with Crippen LogP contribution in [0, 0.1) is 5.82 Å². The van der Waals surface area contributed by atoms with Gasteiger partial charge in [-0.2, -0.15) is 0 Å². The highest BCUT2D eigenvalue weighted by Crippen LogP contribution is 2.25. The predicted octanol–water partition coefficient (Wildman–Crippen LogP) is 4.71. The number of halogens is 1. The number of benzene rings is 2. The first-order valence-corrected chi connectivity index (χ1v) is 6.96. The Labute approximate surface area is 125 Å². The van der Waals surface area contributed by atoms with E-state index in [1.165, 1.54) is 12.7 Å². The Morgan fingerprint density at radius 3 is 2.24 bits per heavy atom. The van der Waals surface area contributed by atoms with E-state index in [1.807, 2.05) is 24.3 Å². The lowest BCUT2D eigenvalue weighted by Gasteiger charge is -2.19. The smallest absolute Gasteiger partial charge is 0.171 e. The molecule has 0 amide bonds. The van der Waals surface area contributed by atoms with Crippen LogP contribution >= 0.6 is 0 Å². The number of methoxy groups -OCH3 is 1. The van der Waals surface area contributed by atoms with Crippen LogP contribution in [0.5, 0.6) is 11.5 Å². The zero-order chi connectivity index (χ0) is 15.5. The van der Waals surface area contributed by atoms with Crippen LogP contribution in [0.15, 0.2) is 42.5 Å². The SMILES string of the molecule is COc1cccc(COc2ccc(C(C)(C)C)cc2)c1F. The lowest BCUT2D eigenvalue weighted by atomic mass is 9.87. The predicted molar refractivity (Wildman–Crippen MR) is 82.4 cm³/mol. The quantitative estimate of drug-likeness (QED) is 0.811. The van der Waals surface area contributed by atoms with Crippen LogP contribution in [0.25, 0.3) is 0 Å². The molecule has 0 saturated heterocycles. The molecular formula is C18H21FO2. The normalized spacial score (nSPS) is 11.3. The minimum absolute atomic E-state index is 0.109. The van der Waals surface area contributed by atoms with Gasteiger partial charge < -0.3 is 9.47 Å². The third-order valence-corrected chi connectivity index (χ3v) is 3.38. The van der Waals surface area contributed by atoms with Crippen molar-refractivity contribution in [3.8, 4) is 11.5 Å². The van der Waals surface area contributed by atoms with E-state index in [4.69, 9.17) is 9.47 Å². The van der Waals surface area contributed by atoms with Gasteiger partial charge in [-0.15, -0.1) is 0 Å². The molecule has 0 heterocycles. The van der Waals surface area contributed by atoms with Gasteiger partial charge in [-0.05, 0) is 29.2 Å². The second-order valence-electron chi connectivity index (χ2n) is 6.00. The number of rotatable bonds is 4. The number of hydrogen-bond donors (Lipinski definition) is 0. The Hall–Kier alpha value is -2.03. The third-order valence-electron chi connectivity index (χ3n) is 3.38. The molecule has 0 spiro atoms. The Morgan fingerprint density at radius 1 is 1.00 bits per heavy atom. The van der Waals surface area contributed by atoms with Gasteiger partial charge in [-0.25, -0.2) is 4.39 Å². The van der Waals surface area contributed by atoms with Gasteiger partial charge in [0.1, 0.15) is 12.4 Å². The van der Waals surface area contributed by atoms with E-state index in [1.54, 1.807) is 18.2 Å². The Morgan fingerprint density at radius 2 is 1.67 bits per heavy atom. The first kappa shape index (κ1) is 15.4. The van der Waals surface area contributed by atoms with Gasteiger partial charge in [0.15, 0.2) is 11.6 Å². The van der Waals surface area contributed by atoms with Crippen molar-refractivity contribution in [1.29, 1.82) is 0 Å². The fourth-order valence-electron chi connectivity index (χ4n) is 2.04. The maximum atomic E-state index is 14.0. The first-order chi connectivity index (χ1) is 9.91. The van der Waals surface area contributed by atoms with Gasteiger partial charge in [0.25, 0.3) is 0 Å². The molecule has 0 atom stereocenters. The monoisotopic (exact) mass is 288 g/mol. The second kappa shape index (κ2) is 6.17. The van der Waals surface area contributed by atoms with Crippen LogP contribution in [-0.2, 0) is 12.0 Å². The zero-order valence-electron chi connectivity index (χ0n) is 12.9. The average Bonchev–Trinajstić information content (AvgIpc) is 2.46. The summed E-state index contributed by atoms with van der Waals surface area (Å²) < 4.78 is 24.6. The van der Waals surface area contributed by atoms with Gasteiger partial charge in [0.05, 0.1) is 7.11 Å². The van der Waals surface area contributed by atoms with Crippen molar-refractivity contribution in [2.24, 2.45) is 0 Å². The van der Waals surface area contributed by atoms with Crippen molar-refractivity contribution in [2.75, 3.05) is 7.11 Å². The first-order valence-electron chi connectivity index (χ1n) is 6.96. The molecule has 0 aromatic heterocycles. The van der Waals surface area contributed by atoms with E-state index < -0.39 is 0 Å². The fraction of sp³-hybridized carbons (Fsp3) is 0.333. The minimum Gasteiger partial charge on any atom is -0.494 e. The summed E-state index contributed by atoms with van der Waals surface area (Å²) >= 11 is 0. The molecule has 2 rings (SSSR count). The van der Waals surface area contributed by atoms with Crippen LogP contribution in [0.1, 0.15) is 31.9 Å². The third kappa shape index (κ3) is 3.75. The average molecular weight is 288 g/mol. The molecule has 2 aromatic carbocycles. The van der Waals surface area contributed by atoms with Crippen molar-refractivity contribution < 1.29 is 13.9 Å². The maximum Gasteiger partial charge on any atom is 0.171 e. The number of ether oxygens (including phenoxy) is 2. The van der Waals surface area contributed by atoms with Gasteiger partial charge in [0.2, 0.25) is 0 Å². The van der Waals surface area contributed by atoms with E-state index in [0.717, 1.165) is 5.75 Å². The fourth-order valence-corrected chi connectivity index (χ4v) is 2.04. The topological polar surface area (TPSA) is 18.5 Å². The maximum absolute atomic E-state index is 14.0. The number of hydrogen-bond acceptors (Lipinski definition) is 2. The standard InChI is InChI=1S/C18H21FO2/c1-18(2,3)14-8-10-15(11-9-14)21-12-13-6-5-7-16(20-4)17(13)19/h5-11H,12H2,1-4H3. The summed E-state index contributed by atoms with van der Waals surface area (Å²) in [5, 5.41) is 0. The second-order valence-corrected chi connectivity index (χ2v) is 6.00. The van der Waals surface area contributed by atoms with Crippen molar-refractivity contribution in [3.63, 3.8) is 0 Å². The van der Waals surface area contributed by atoms with Crippen LogP contribution in [-0.4, -0.2) is 7.11 Å². The molecule has 2 nitrogen and oxygen atoms in total. The molecule has 2 aromatic rings. The Balaban J connectivity index is 2.07. The molecule has 0 bridgehead atoms. The van der Waals surface area contributed by atoms with E-state index in [-0.39, 0.29) is 23.6 Å². The van der Waals surface area contributed by atoms with Crippen LogP contribution in [0.2, 0.25) is 0 Å². The van der Waals surface area contributed by atoms with E-state index in [2.05, 4.69) is 20.8 Å². The lowest BCUT2D eigenvalue weighted by Crippen LogP contribution is -2.10. The van der Waals surface area contributed by atoms with Gasteiger partial charge >= 0.3 is 0 Å². The van der Waals surface area contributed by atoms with Crippen molar-refractivity contribution in [1.82, 2.24) is 0 Å². The van der Waals surface area contributed by atoms with Crippen LogP contribution in [0.4, 0.5) is 4.39 Å². The largest absolute Gasteiger partial charge is 0.494 e. The molecule has 0 saturated carbocycles. The van der Waals surface area contributed by atoms with Gasteiger partial charge in [-0.3, -0.25) is 0 Å². The van der Waals surface area contributed by atoms with E-state index in [9.17, 15) is 4.39 Å². The molecular weight excluding hydrogens is 267 g/mol. The Kier molecular flexibility index (Phi) is 4.51. The minimum atomic E-state index is -0.369. The highest BCUT2D eigenvalue weighted by atomic mass is 19.1. The molecule has 21 heavy (non-hydrogen) atoms. The molecule has 0 unspecified atom stereocenters. The Bertz CT molecular complexity index is 598. The lowest BCUT2D eigenvalue weighted by molar-refractivity contribution is 0.295. The van der Waals surface area contributed by atoms with E-state index >= 15 is 0 Å². The summed E-state index contributed by atoms with van der Waals surface area (Å²) in [5.41, 5.74) is 1.83. The molecule has 0 aliphatic rings. The molecule has 112 valence electrons. The molecule has 0 radical (unpaired) electrons.